The maximum absolute atomic E-state index is 12.6. The van der Waals surface area contributed by atoms with E-state index < -0.39 is 33.4 Å². The van der Waals surface area contributed by atoms with E-state index >= 15 is 0 Å². The van der Waals surface area contributed by atoms with Crippen molar-refractivity contribution in [1.29, 1.82) is 0 Å². The molecule has 0 unspecified atom stereocenters. The van der Waals surface area contributed by atoms with Crippen molar-refractivity contribution in [1.82, 2.24) is 5.32 Å². The summed E-state index contributed by atoms with van der Waals surface area (Å²) in [4.78, 5) is 12.6. The van der Waals surface area contributed by atoms with E-state index in [-0.39, 0.29) is 18.6 Å². The summed E-state index contributed by atoms with van der Waals surface area (Å²) >= 11 is 17.4. The van der Waals surface area contributed by atoms with Crippen molar-refractivity contribution in [3.8, 4) is 0 Å². The van der Waals surface area contributed by atoms with Crippen molar-refractivity contribution in [3.63, 3.8) is 0 Å². The van der Waals surface area contributed by atoms with Gasteiger partial charge in [0, 0.05) is 5.92 Å². The van der Waals surface area contributed by atoms with Crippen LogP contribution >= 0.6 is 34.8 Å². The van der Waals surface area contributed by atoms with Gasteiger partial charge in [-0.25, -0.2) is 0 Å². The first kappa shape index (κ1) is 23.8. The Bertz CT molecular complexity index is 770. The van der Waals surface area contributed by atoms with Crippen LogP contribution in [-0.4, -0.2) is 46.1 Å². The van der Waals surface area contributed by atoms with Crippen molar-refractivity contribution < 1.29 is 23.7 Å². The molecule has 2 fully saturated rings. The number of hydrogen-bond donors (Lipinski definition) is 1. The Hall–Kier alpha value is -0.860. The molecule has 2 aliphatic rings. The average Bonchev–Trinajstić information content (AvgIpc) is 3.14. The fourth-order valence-corrected chi connectivity index (χ4v) is 4.00. The van der Waals surface area contributed by atoms with Crippen LogP contribution in [-0.2, 0) is 30.3 Å². The number of alkyl halides is 3. The van der Waals surface area contributed by atoms with E-state index in [2.05, 4.69) is 11.9 Å². The van der Waals surface area contributed by atoms with Gasteiger partial charge in [-0.3, -0.25) is 4.79 Å². The number of benzene rings is 1. The highest BCUT2D eigenvalue weighted by molar-refractivity contribution is 6.76. The molecule has 3 rings (SSSR count). The molecule has 0 aliphatic carbocycles. The zero-order chi connectivity index (χ0) is 22.2. The summed E-state index contributed by atoms with van der Waals surface area (Å²) in [6, 6.07) is 9.65. The number of fused-ring (bicyclic) bond motifs is 1. The summed E-state index contributed by atoms with van der Waals surface area (Å²) in [5.74, 6) is -1.72. The van der Waals surface area contributed by atoms with E-state index in [1.165, 1.54) is 0 Å². The molecule has 2 heterocycles. The fourth-order valence-electron chi connectivity index (χ4n) is 3.86. The second-order valence-electron chi connectivity index (χ2n) is 8.06. The van der Waals surface area contributed by atoms with Crippen molar-refractivity contribution in [2.24, 2.45) is 5.92 Å². The normalized spacial score (nSPS) is 29.8. The minimum absolute atomic E-state index is 0.0513. The Balaban J connectivity index is 1.81. The predicted octanol–water partition coefficient (Wildman–Crippen LogP) is 4.13. The van der Waals surface area contributed by atoms with Gasteiger partial charge in [0.25, 0.3) is 9.70 Å². The highest BCUT2D eigenvalue weighted by Gasteiger charge is 2.59. The number of amides is 1. The maximum atomic E-state index is 12.6. The van der Waals surface area contributed by atoms with Gasteiger partial charge in [-0.05, 0) is 19.4 Å². The lowest BCUT2D eigenvalue weighted by Crippen LogP contribution is -2.62. The Labute approximate surface area is 191 Å². The zero-order valence-corrected chi connectivity index (χ0v) is 19.3. The molecule has 6 nitrogen and oxygen atoms in total. The maximum Gasteiger partial charge on any atom is 0.273 e. The third kappa shape index (κ3) is 5.13. The first-order valence-electron chi connectivity index (χ1n) is 9.63. The quantitative estimate of drug-likeness (QED) is 0.471. The molecule has 2 saturated heterocycles. The van der Waals surface area contributed by atoms with Crippen LogP contribution < -0.4 is 5.32 Å². The van der Waals surface area contributed by atoms with Crippen LogP contribution in [0.5, 0.6) is 0 Å². The van der Waals surface area contributed by atoms with Gasteiger partial charge in [0.05, 0.1) is 19.3 Å². The molecular weight excluding hydrogens is 453 g/mol. The van der Waals surface area contributed by atoms with Crippen LogP contribution in [0.3, 0.4) is 0 Å². The number of halogens is 3. The van der Waals surface area contributed by atoms with E-state index in [1.807, 2.05) is 51.1 Å². The molecule has 1 N–H and O–H groups in total. The van der Waals surface area contributed by atoms with E-state index in [4.69, 9.17) is 53.8 Å². The molecular formula is C21H26Cl3NO5. The molecule has 1 amide bonds. The van der Waals surface area contributed by atoms with Gasteiger partial charge in [-0.15, -0.1) is 6.58 Å². The number of rotatable bonds is 7. The predicted molar refractivity (Wildman–Crippen MR) is 115 cm³/mol. The number of hydrogen-bond acceptors (Lipinski definition) is 5. The lowest BCUT2D eigenvalue weighted by molar-refractivity contribution is -0.218. The standard InChI is InChI=1S/C21H26Cl3NO5/c1-5-20(25-18(26)21(22,23)24,12-27-11-14-9-7-6-8-10-14)16-13(2)15-17(28-16)30-19(3,4)29-15/h5-10,13,15-17H,1,11-12H2,2-4H3,(H,25,26)/t13-,15+,16-,17+,20-/m0/s1. The van der Waals surface area contributed by atoms with Crippen molar-refractivity contribution >= 4 is 40.7 Å². The molecule has 0 bridgehead atoms. The first-order chi connectivity index (χ1) is 14.0. The van der Waals surface area contributed by atoms with Gasteiger partial charge in [0.1, 0.15) is 11.6 Å². The fraction of sp³-hybridized carbons (Fsp3) is 0.571. The molecule has 2 aliphatic heterocycles. The van der Waals surface area contributed by atoms with E-state index in [9.17, 15) is 4.79 Å². The van der Waals surface area contributed by atoms with E-state index in [0.29, 0.717) is 6.61 Å². The third-order valence-electron chi connectivity index (χ3n) is 5.29. The highest BCUT2D eigenvalue weighted by atomic mass is 35.6. The zero-order valence-electron chi connectivity index (χ0n) is 17.1. The van der Waals surface area contributed by atoms with Crippen LogP contribution in [0.1, 0.15) is 26.3 Å². The average molecular weight is 479 g/mol. The molecule has 5 atom stereocenters. The van der Waals surface area contributed by atoms with Gasteiger partial charge in [0.2, 0.25) is 0 Å². The molecule has 0 radical (unpaired) electrons. The smallest absolute Gasteiger partial charge is 0.273 e. The summed E-state index contributed by atoms with van der Waals surface area (Å²) in [7, 11) is 0. The van der Waals surface area contributed by atoms with Gasteiger partial charge >= 0.3 is 0 Å². The van der Waals surface area contributed by atoms with E-state index in [1.54, 1.807) is 6.08 Å². The van der Waals surface area contributed by atoms with Gasteiger partial charge < -0.3 is 24.3 Å². The summed E-state index contributed by atoms with van der Waals surface area (Å²) in [6.45, 7) is 9.89. The Morgan fingerprint density at radius 2 is 1.93 bits per heavy atom. The van der Waals surface area contributed by atoms with E-state index in [0.717, 1.165) is 5.56 Å². The second kappa shape index (κ2) is 8.94. The number of nitrogens with one attached hydrogen (secondary N) is 1. The second-order valence-corrected chi connectivity index (χ2v) is 10.3. The Morgan fingerprint density at radius 3 is 2.50 bits per heavy atom. The van der Waals surface area contributed by atoms with Crippen molar-refractivity contribution in [2.75, 3.05) is 6.61 Å². The Kier molecular flexibility index (Phi) is 7.09. The topological polar surface area (TPSA) is 66.0 Å². The minimum atomic E-state index is -2.15. The summed E-state index contributed by atoms with van der Waals surface area (Å²) in [5, 5.41) is 2.77. The van der Waals surface area contributed by atoms with Gasteiger partial charge in [0.15, 0.2) is 12.1 Å². The molecule has 0 aromatic heterocycles. The van der Waals surface area contributed by atoms with Gasteiger partial charge in [-0.2, -0.15) is 0 Å². The minimum Gasteiger partial charge on any atom is -0.374 e. The van der Waals surface area contributed by atoms with Crippen LogP contribution in [0.4, 0.5) is 0 Å². The largest absolute Gasteiger partial charge is 0.374 e. The van der Waals surface area contributed by atoms with Crippen molar-refractivity contribution in [3.05, 3.63) is 48.6 Å². The van der Waals surface area contributed by atoms with Crippen LogP contribution in [0.2, 0.25) is 0 Å². The summed E-state index contributed by atoms with van der Waals surface area (Å²) in [6.07, 6.45) is 0.0778. The van der Waals surface area contributed by atoms with Crippen LogP contribution in [0, 0.1) is 5.92 Å². The SMILES string of the molecule is C=C[C@@](COCc1ccccc1)(NC(=O)C(Cl)(Cl)Cl)[C@H]1O[C@@H]2OC(C)(C)O[C@@H]2[C@@H]1C. The Morgan fingerprint density at radius 1 is 1.27 bits per heavy atom. The molecule has 9 heteroatoms. The number of ether oxygens (including phenoxy) is 4. The molecule has 30 heavy (non-hydrogen) atoms. The lowest BCUT2D eigenvalue weighted by Gasteiger charge is -2.40. The van der Waals surface area contributed by atoms with Crippen LogP contribution in [0.15, 0.2) is 43.0 Å². The highest BCUT2D eigenvalue weighted by Crippen LogP contribution is 2.44. The lowest BCUT2D eigenvalue weighted by atomic mass is 9.84. The monoisotopic (exact) mass is 477 g/mol. The molecule has 1 aromatic carbocycles. The first-order valence-corrected chi connectivity index (χ1v) is 10.8. The third-order valence-corrected chi connectivity index (χ3v) is 5.81. The summed E-state index contributed by atoms with van der Waals surface area (Å²) < 4.78 is 21.8. The summed E-state index contributed by atoms with van der Waals surface area (Å²) in [5.41, 5.74) is -0.190. The molecule has 166 valence electrons. The molecule has 0 saturated carbocycles. The van der Waals surface area contributed by atoms with Crippen molar-refractivity contribution in [2.45, 2.75) is 61.0 Å². The number of carbonyl (C=O) groups excluding carboxylic acids is 1. The van der Waals surface area contributed by atoms with Gasteiger partial charge in [-0.1, -0.05) is 78.1 Å². The molecule has 1 aromatic rings. The van der Waals surface area contributed by atoms with Crippen LogP contribution in [0.25, 0.3) is 0 Å². The molecule has 0 spiro atoms. The number of carbonyl (C=O) groups is 1.